The number of benzene rings is 1. The molecule has 3 N–H and O–H groups in total. The summed E-state index contributed by atoms with van der Waals surface area (Å²) in [6, 6.07) is 3.02. The number of halogens is 3. The van der Waals surface area contributed by atoms with E-state index in [-0.39, 0.29) is 16.7 Å². The van der Waals surface area contributed by atoms with Crippen LogP contribution in [0, 0.1) is 6.92 Å². The first kappa shape index (κ1) is 16.9. The largest absolute Gasteiger partial charge is 0.480 e. The number of rotatable bonds is 4. The van der Waals surface area contributed by atoms with Crippen molar-refractivity contribution in [1.29, 1.82) is 0 Å². The van der Waals surface area contributed by atoms with E-state index in [2.05, 4.69) is 15.3 Å². The molecule has 23 heavy (non-hydrogen) atoms. The number of hydrogen-bond donors (Lipinski definition) is 3. The molecule has 2 rings (SSSR count). The summed E-state index contributed by atoms with van der Waals surface area (Å²) in [6.45, 7) is 2.94. The zero-order chi connectivity index (χ0) is 17.4. The summed E-state index contributed by atoms with van der Waals surface area (Å²) in [5.41, 5.74) is 0.767. The molecule has 0 aliphatic rings. The van der Waals surface area contributed by atoms with Crippen molar-refractivity contribution in [3.05, 3.63) is 29.6 Å². The number of carboxylic acid groups (broad SMARTS) is 1. The van der Waals surface area contributed by atoms with E-state index < -0.39 is 30.1 Å². The van der Waals surface area contributed by atoms with Crippen LogP contribution in [0.5, 0.6) is 0 Å². The summed E-state index contributed by atoms with van der Waals surface area (Å²) in [5, 5.41) is 21.2. The van der Waals surface area contributed by atoms with Crippen molar-refractivity contribution in [2.75, 3.05) is 5.32 Å². The minimum atomic E-state index is -4.78. The number of alkyl halides is 3. The number of aliphatic carboxylic acids is 1. The van der Waals surface area contributed by atoms with Gasteiger partial charge >= 0.3 is 12.1 Å². The quantitative estimate of drug-likeness (QED) is 0.796. The topological polar surface area (TPSA) is 95.3 Å². The summed E-state index contributed by atoms with van der Waals surface area (Å²) in [6.07, 6.45) is -6.12. The minimum Gasteiger partial charge on any atom is -0.480 e. The van der Waals surface area contributed by atoms with E-state index >= 15 is 0 Å². The third-order valence-corrected chi connectivity index (χ3v) is 3.15. The van der Waals surface area contributed by atoms with E-state index in [1.807, 2.05) is 0 Å². The van der Waals surface area contributed by atoms with Crippen LogP contribution in [-0.4, -0.2) is 38.3 Å². The maximum atomic E-state index is 12.9. The van der Waals surface area contributed by atoms with Crippen molar-refractivity contribution in [2.45, 2.75) is 32.2 Å². The van der Waals surface area contributed by atoms with Crippen LogP contribution in [0.25, 0.3) is 10.9 Å². The van der Waals surface area contributed by atoms with Gasteiger partial charge in [-0.05, 0) is 26.0 Å². The second-order valence-corrected chi connectivity index (χ2v) is 5.12. The summed E-state index contributed by atoms with van der Waals surface area (Å²) in [7, 11) is 0. The van der Waals surface area contributed by atoms with Crippen molar-refractivity contribution in [2.24, 2.45) is 0 Å². The predicted octanol–water partition coefficient (Wildman–Crippen LogP) is 2.20. The third kappa shape index (κ3) is 3.67. The van der Waals surface area contributed by atoms with Crippen LogP contribution in [-0.2, 0) is 11.0 Å². The van der Waals surface area contributed by atoms with Crippen LogP contribution in [0.2, 0.25) is 0 Å². The molecule has 0 aliphatic carbocycles. The maximum Gasteiger partial charge on any atom is 0.451 e. The van der Waals surface area contributed by atoms with Crippen molar-refractivity contribution in [1.82, 2.24) is 9.97 Å². The van der Waals surface area contributed by atoms with Gasteiger partial charge in [0, 0.05) is 5.39 Å². The molecule has 0 fully saturated rings. The molecule has 0 saturated carbocycles. The molecule has 0 spiro atoms. The lowest BCUT2D eigenvalue weighted by atomic mass is 10.1. The van der Waals surface area contributed by atoms with E-state index in [1.165, 1.54) is 13.0 Å². The second-order valence-electron chi connectivity index (χ2n) is 5.12. The first-order chi connectivity index (χ1) is 10.6. The molecular weight excluding hydrogens is 315 g/mol. The fourth-order valence-corrected chi connectivity index (χ4v) is 2.02. The fraction of sp³-hybridized carbons (Fsp3) is 0.357. The van der Waals surface area contributed by atoms with Crippen LogP contribution in [0.15, 0.2) is 18.2 Å². The Bertz CT molecular complexity index is 747. The van der Waals surface area contributed by atoms with Gasteiger partial charge < -0.3 is 15.5 Å². The van der Waals surface area contributed by atoms with Gasteiger partial charge in [-0.1, -0.05) is 11.6 Å². The monoisotopic (exact) mass is 329 g/mol. The standard InChI is InChI=1S/C14H14F3N3O3/c1-6-3-4-9-8(5-6)11(19-10(7(2)21)12(22)23)20-13(18-9)14(15,16)17/h3-5,7,10,21H,1-2H3,(H,22,23)(H,18,19,20). The number of hydrogen-bond acceptors (Lipinski definition) is 5. The van der Waals surface area contributed by atoms with Crippen LogP contribution in [0.1, 0.15) is 18.3 Å². The van der Waals surface area contributed by atoms with Crippen molar-refractivity contribution < 1.29 is 28.2 Å². The number of aliphatic hydroxyl groups excluding tert-OH is 1. The molecule has 2 aromatic rings. The van der Waals surface area contributed by atoms with E-state index in [0.29, 0.717) is 0 Å². The lowest BCUT2D eigenvalue weighted by Gasteiger charge is -2.19. The Morgan fingerprint density at radius 3 is 2.48 bits per heavy atom. The molecule has 2 atom stereocenters. The average Bonchev–Trinajstić information content (AvgIpc) is 2.42. The average molecular weight is 329 g/mol. The van der Waals surface area contributed by atoms with E-state index in [0.717, 1.165) is 5.56 Å². The number of nitrogens with zero attached hydrogens (tertiary/aromatic N) is 2. The van der Waals surface area contributed by atoms with Gasteiger partial charge in [0.15, 0.2) is 6.04 Å². The number of fused-ring (bicyclic) bond motifs is 1. The molecule has 124 valence electrons. The molecule has 0 bridgehead atoms. The van der Waals surface area contributed by atoms with Crippen molar-refractivity contribution >= 4 is 22.7 Å². The van der Waals surface area contributed by atoms with Gasteiger partial charge in [-0.2, -0.15) is 13.2 Å². The Morgan fingerprint density at radius 1 is 1.30 bits per heavy atom. The zero-order valence-corrected chi connectivity index (χ0v) is 12.2. The van der Waals surface area contributed by atoms with Gasteiger partial charge in [0.05, 0.1) is 11.6 Å². The Morgan fingerprint density at radius 2 is 1.96 bits per heavy atom. The number of anilines is 1. The highest BCUT2D eigenvalue weighted by atomic mass is 19.4. The normalized spacial score (nSPS) is 14.5. The van der Waals surface area contributed by atoms with Gasteiger partial charge in [-0.25, -0.2) is 14.8 Å². The molecule has 1 aromatic heterocycles. The van der Waals surface area contributed by atoms with Crippen molar-refractivity contribution in [3.8, 4) is 0 Å². The number of aliphatic hydroxyl groups is 1. The number of aryl methyl sites for hydroxylation is 1. The van der Waals surface area contributed by atoms with Crippen LogP contribution in [0.4, 0.5) is 19.0 Å². The molecule has 1 heterocycles. The van der Waals surface area contributed by atoms with Crippen LogP contribution in [0.3, 0.4) is 0 Å². The molecular formula is C14H14F3N3O3. The molecule has 0 amide bonds. The highest BCUT2D eigenvalue weighted by Gasteiger charge is 2.36. The highest BCUT2D eigenvalue weighted by Crippen LogP contribution is 2.31. The zero-order valence-electron chi connectivity index (χ0n) is 12.2. The molecule has 0 aliphatic heterocycles. The Balaban J connectivity index is 2.63. The van der Waals surface area contributed by atoms with Crippen LogP contribution >= 0.6 is 0 Å². The second kappa shape index (κ2) is 5.99. The number of carbonyl (C=O) groups is 1. The Labute approximate surface area is 129 Å². The summed E-state index contributed by atoms with van der Waals surface area (Å²) < 4.78 is 38.7. The SMILES string of the molecule is Cc1ccc2nc(C(F)(F)F)nc(NC(C(=O)O)C(C)O)c2c1. The third-order valence-electron chi connectivity index (χ3n) is 3.15. The molecule has 6 nitrogen and oxygen atoms in total. The number of carboxylic acids is 1. The highest BCUT2D eigenvalue weighted by molar-refractivity contribution is 5.91. The van der Waals surface area contributed by atoms with Gasteiger partial charge in [-0.3, -0.25) is 0 Å². The summed E-state index contributed by atoms with van der Waals surface area (Å²) in [5.74, 6) is -3.08. The van der Waals surface area contributed by atoms with Gasteiger partial charge in [0.25, 0.3) is 0 Å². The summed E-state index contributed by atoms with van der Waals surface area (Å²) >= 11 is 0. The lowest BCUT2D eigenvalue weighted by molar-refractivity contribution is -0.144. The molecule has 0 radical (unpaired) electrons. The van der Waals surface area contributed by atoms with Gasteiger partial charge in [0.1, 0.15) is 5.82 Å². The maximum absolute atomic E-state index is 12.9. The molecule has 2 unspecified atom stereocenters. The predicted molar refractivity (Wildman–Crippen MR) is 76.0 cm³/mol. The smallest absolute Gasteiger partial charge is 0.451 e. The minimum absolute atomic E-state index is 0.0233. The van der Waals surface area contributed by atoms with Gasteiger partial charge in [0.2, 0.25) is 5.82 Å². The first-order valence-corrected chi connectivity index (χ1v) is 6.62. The van der Waals surface area contributed by atoms with Gasteiger partial charge in [-0.15, -0.1) is 0 Å². The molecule has 1 aromatic carbocycles. The van der Waals surface area contributed by atoms with E-state index in [4.69, 9.17) is 5.11 Å². The fourth-order valence-electron chi connectivity index (χ4n) is 2.02. The number of aromatic nitrogens is 2. The first-order valence-electron chi connectivity index (χ1n) is 6.62. The Hall–Kier alpha value is -2.42. The molecule has 9 heteroatoms. The van der Waals surface area contributed by atoms with E-state index in [9.17, 15) is 23.1 Å². The summed E-state index contributed by atoms with van der Waals surface area (Å²) in [4.78, 5) is 18.0. The molecule has 0 saturated heterocycles. The Kier molecular flexibility index (Phi) is 4.42. The van der Waals surface area contributed by atoms with Crippen molar-refractivity contribution in [3.63, 3.8) is 0 Å². The lowest BCUT2D eigenvalue weighted by Crippen LogP contribution is -2.39. The van der Waals surface area contributed by atoms with E-state index in [1.54, 1.807) is 19.1 Å². The number of nitrogens with one attached hydrogen (secondary N) is 1. The van der Waals surface area contributed by atoms with Crippen LogP contribution < -0.4 is 5.32 Å².